The summed E-state index contributed by atoms with van der Waals surface area (Å²) in [6.07, 6.45) is 0.652. The molecule has 5 heteroatoms. The number of hydrogen-bond donors (Lipinski definition) is 1. The summed E-state index contributed by atoms with van der Waals surface area (Å²) in [4.78, 5) is 0. The zero-order valence-electron chi connectivity index (χ0n) is 12.8. The summed E-state index contributed by atoms with van der Waals surface area (Å²) in [5.41, 5.74) is 3.29. The number of benzene rings is 1. The minimum absolute atomic E-state index is 0.0813. The van der Waals surface area contributed by atoms with Crippen LogP contribution >= 0.6 is 0 Å². The second kappa shape index (κ2) is 7.64. The maximum Gasteiger partial charge on any atom is 0.153 e. The van der Waals surface area contributed by atoms with Crippen LogP contribution in [0.5, 0.6) is 5.75 Å². The van der Waals surface area contributed by atoms with Crippen LogP contribution < -0.4 is 10.1 Å². The molecule has 0 amide bonds. The lowest BCUT2D eigenvalue weighted by molar-refractivity contribution is 0.336. The lowest BCUT2D eigenvalue weighted by Gasteiger charge is -2.14. The first-order valence-electron chi connectivity index (χ1n) is 6.97. The van der Waals surface area contributed by atoms with Crippen LogP contribution in [0.2, 0.25) is 0 Å². The highest BCUT2D eigenvalue weighted by atomic mass is 32.2. The molecule has 0 aliphatic heterocycles. The molecule has 20 heavy (non-hydrogen) atoms. The van der Waals surface area contributed by atoms with Crippen molar-refractivity contribution in [2.45, 2.75) is 33.7 Å². The fraction of sp³-hybridized carbons (Fsp3) is 0.600. The van der Waals surface area contributed by atoms with E-state index in [9.17, 15) is 8.42 Å². The number of nitrogens with one attached hydrogen (secondary N) is 1. The fourth-order valence-electron chi connectivity index (χ4n) is 2.26. The number of aryl methyl sites for hydroxylation is 2. The molecule has 1 aromatic rings. The molecule has 0 saturated heterocycles. The van der Waals surface area contributed by atoms with Gasteiger partial charge in [0.1, 0.15) is 12.4 Å². The Morgan fingerprint density at radius 2 is 1.75 bits per heavy atom. The van der Waals surface area contributed by atoms with Gasteiger partial charge in [0.15, 0.2) is 9.84 Å². The Labute approximate surface area is 122 Å². The van der Waals surface area contributed by atoms with Crippen molar-refractivity contribution in [3.8, 4) is 5.75 Å². The topological polar surface area (TPSA) is 55.4 Å². The Kier molecular flexibility index (Phi) is 6.49. The van der Waals surface area contributed by atoms with E-state index in [4.69, 9.17) is 4.74 Å². The quantitative estimate of drug-likeness (QED) is 0.800. The smallest absolute Gasteiger partial charge is 0.153 e. The van der Waals surface area contributed by atoms with Crippen molar-refractivity contribution in [2.75, 3.05) is 25.2 Å². The van der Waals surface area contributed by atoms with E-state index in [-0.39, 0.29) is 18.1 Å². The lowest BCUT2D eigenvalue weighted by Crippen LogP contribution is -2.17. The van der Waals surface area contributed by atoms with Crippen LogP contribution in [0, 0.1) is 13.8 Å². The summed E-state index contributed by atoms with van der Waals surface area (Å²) in [6, 6.07) is 4.14. The van der Waals surface area contributed by atoms with Gasteiger partial charge in [0, 0.05) is 6.54 Å². The molecule has 0 bridgehead atoms. The molecule has 0 atom stereocenters. The predicted molar refractivity (Wildman–Crippen MR) is 83.1 cm³/mol. The highest BCUT2D eigenvalue weighted by Gasteiger charge is 2.11. The molecule has 114 valence electrons. The van der Waals surface area contributed by atoms with Crippen molar-refractivity contribution in [2.24, 2.45) is 0 Å². The lowest BCUT2D eigenvalue weighted by atomic mass is 10.1. The van der Waals surface area contributed by atoms with Gasteiger partial charge in [-0.3, -0.25) is 0 Å². The fourth-order valence-corrected chi connectivity index (χ4v) is 3.42. The van der Waals surface area contributed by atoms with E-state index in [2.05, 4.69) is 17.4 Å². The summed E-state index contributed by atoms with van der Waals surface area (Å²) < 4.78 is 29.0. The highest BCUT2D eigenvalue weighted by molar-refractivity contribution is 7.91. The van der Waals surface area contributed by atoms with E-state index in [0.717, 1.165) is 23.4 Å². The third-order valence-corrected chi connectivity index (χ3v) is 4.88. The Balaban J connectivity index is 2.69. The Morgan fingerprint density at radius 1 is 1.15 bits per heavy atom. The van der Waals surface area contributed by atoms with Gasteiger partial charge in [-0.05, 0) is 44.0 Å². The minimum Gasteiger partial charge on any atom is -0.492 e. The molecule has 0 spiro atoms. The second-order valence-corrected chi connectivity index (χ2v) is 7.39. The first-order chi connectivity index (χ1) is 9.39. The summed E-state index contributed by atoms with van der Waals surface area (Å²) in [5, 5.41) is 3.11. The SMILES string of the molecule is CCCS(=O)(=O)CCOc1c(C)cc(CNC)cc1C. The van der Waals surface area contributed by atoms with Crippen LogP contribution in [0.25, 0.3) is 0 Å². The van der Waals surface area contributed by atoms with Crippen molar-refractivity contribution in [1.82, 2.24) is 5.32 Å². The molecule has 1 N–H and O–H groups in total. The molecule has 0 heterocycles. The summed E-state index contributed by atoms with van der Waals surface area (Å²) in [5.74, 6) is 1.12. The van der Waals surface area contributed by atoms with Gasteiger partial charge in [-0.25, -0.2) is 8.42 Å². The molecule has 1 aromatic carbocycles. The Bertz CT molecular complexity index is 515. The third kappa shape index (κ3) is 5.13. The molecule has 0 aliphatic carbocycles. The Morgan fingerprint density at radius 3 is 2.25 bits per heavy atom. The predicted octanol–water partition coefficient (Wildman–Crippen LogP) is 2.23. The standard InChI is InChI=1S/C15H25NO3S/c1-5-7-20(17,18)8-6-19-15-12(2)9-14(11-16-4)10-13(15)3/h9-10,16H,5-8,11H2,1-4H3. The van der Waals surface area contributed by atoms with Crippen LogP contribution in [0.15, 0.2) is 12.1 Å². The van der Waals surface area contributed by atoms with Crippen LogP contribution in [-0.4, -0.2) is 33.6 Å². The molecular weight excluding hydrogens is 274 g/mol. The van der Waals surface area contributed by atoms with Gasteiger partial charge in [-0.2, -0.15) is 0 Å². The van der Waals surface area contributed by atoms with Gasteiger partial charge in [0.2, 0.25) is 0 Å². The molecular formula is C15H25NO3S. The summed E-state index contributed by atoms with van der Waals surface area (Å²) in [7, 11) is -1.07. The average Bonchev–Trinajstić information content (AvgIpc) is 2.33. The van der Waals surface area contributed by atoms with Gasteiger partial charge in [0.25, 0.3) is 0 Å². The van der Waals surface area contributed by atoms with Crippen molar-refractivity contribution in [3.63, 3.8) is 0 Å². The number of ether oxygens (including phenoxy) is 1. The first kappa shape index (κ1) is 17.0. The average molecular weight is 299 g/mol. The van der Waals surface area contributed by atoms with E-state index < -0.39 is 9.84 Å². The molecule has 1 rings (SSSR count). The van der Waals surface area contributed by atoms with Gasteiger partial charge < -0.3 is 10.1 Å². The molecule has 0 unspecified atom stereocenters. The third-order valence-electron chi connectivity index (χ3n) is 3.06. The van der Waals surface area contributed by atoms with Crippen LogP contribution in [0.1, 0.15) is 30.0 Å². The maximum absolute atomic E-state index is 11.6. The minimum atomic E-state index is -2.98. The van der Waals surface area contributed by atoms with E-state index in [1.54, 1.807) is 0 Å². The van der Waals surface area contributed by atoms with Crippen LogP contribution in [0.4, 0.5) is 0 Å². The zero-order chi connectivity index (χ0) is 15.2. The van der Waals surface area contributed by atoms with E-state index in [1.807, 2.05) is 27.8 Å². The van der Waals surface area contributed by atoms with Crippen molar-refractivity contribution < 1.29 is 13.2 Å². The van der Waals surface area contributed by atoms with E-state index in [1.165, 1.54) is 5.56 Å². The van der Waals surface area contributed by atoms with Crippen LogP contribution in [0.3, 0.4) is 0 Å². The van der Waals surface area contributed by atoms with Crippen molar-refractivity contribution >= 4 is 9.84 Å². The Hall–Kier alpha value is -1.07. The second-order valence-electron chi connectivity index (χ2n) is 5.09. The molecule has 0 radical (unpaired) electrons. The maximum atomic E-state index is 11.6. The number of hydrogen-bond acceptors (Lipinski definition) is 4. The molecule has 4 nitrogen and oxygen atoms in total. The van der Waals surface area contributed by atoms with Gasteiger partial charge in [-0.15, -0.1) is 0 Å². The molecule has 0 aliphatic rings. The molecule has 0 aromatic heterocycles. The molecule has 0 fully saturated rings. The van der Waals surface area contributed by atoms with E-state index in [0.29, 0.717) is 6.42 Å². The normalized spacial score (nSPS) is 11.6. The number of rotatable bonds is 8. The first-order valence-corrected chi connectivity index (χ1v) is 8.79. The zero-order valence-corrected chi connectivity index (χ0v) is 13.6. The largest absolute Gasteiger partial charge is 0.492 e. The van der Waals surface area contributed by atoms with Crippen molar-refractivity contribution in [1.29, 1.82) is 0 Å². The summed E-state index contributed by atoms with van der Waals surface area (Å²) >= 11 is 0. The van der Waals surface area contributed by atoms with Gasteiger partial charge in [-0.1, -0.05) is 19.1 Å². The highest BCUT2D eigenvalue weighted by Crippen LogP contribution is 2.24. The van der Waals surface area contributed by atoms with Gasteiger partial charge >= 0.3 is 0 Å². The van der Waals surface area contributed by atoms with E-state index >= 15 is 0 Å². The van der Waals surface area contributed by atoms with Crippen molar-refractivity contribution in [3.05, 3.63) is 28.8 Å². The monoisotopic (exact) mass is 299 g/mol. The summed E-state index contributed by atoms with van der Waals surface area (Å²) in [6.45, 7) is 6.87. The van der Waals surface area contributed by atoms with Gasteiger partial charge in [0.05, 0.1) is 11.5 Å². The van der Waals surface area contributed by atoms with Crippen LogP contribution in [-0.2, 0) is 16.4 Å². The molecule has 0 saturated carbocycles. The number of sulfone groups is 1.